The van der Waals surface area contributed by atoms with Gasteiger partial charge in [0.05, 0.1) is 6.54 Å². The molecule has 0 spiro atoms. The van der Waals surface area contributed by atoms with E-state index in [9.17, 15) is 0 Å². The Kier molecular flexibility index (Phi) is 6.16. The van der Waals surface area contributed by atoms with Crippen molar-refractivity contribution >= 4 is 11.6 Å². The molecule has 1 N–H and O–H groups in total. The largest absolute Gasteiger partial charge is 0.460 e. The molecule has 0 saturated carbocycles. The Hall–Kier alpha value is -1.25. The summed E-state index contributed by atoms with van der Waals surface area (Å²) in [7, 11) is 0. The molecule has 2 aromatic rings. The average Bonchev–Trinajstić information content (AvgIpc) is 2.91. The molecule has 0 radical (unpaired) electrons. The summed E-state index contributed by atoms with van der Waals surface area (Å²) in [4.78, 5) is 0. The second kappa shape index (κ2) is 8.13. The monoisotopic (exact) mass is 291 g/mol. The van der Waals surface area contributed by atoms with Crippen LogP contribution in [0.2, 0.25) is 5.02 Å². The summed E-state index contributed by atoms with van der Waals surface area (Å²) in [6, 6.07) is 11.8. The Morgan fingerprint density at radius 1 is 1.10 bits per heavy atom. The highest BCUT2D eigenvalue weighted by Gasteiger charge is 2.04. The van der Waals surface area contributed by atoms with Crippen molar-refractivity contribution in [1.29, 1.82) is 0 Å². The van der Waals surface area contributed by atoms with E-state index in [1.54, 1.807) is 0 Å². The number of unbranched alkanes of at least 4 members (excludes halogenated alkanes) is 3. The zero-order valence-electron chi connectivity index (χ0n) is 12.0. The first-order valence-corrected chi connectivity index (χ1v) is 7.73. The summed E-state index contributed by atoms with van der Waals surface area (Å²) < 4.78 is 5.83. The molecule has 0 bridgehead atoms. The number of halogens is 1. The van der Waals surface area contributed by atoms with Crippen LogP contribution in [0.15, 0.2) is 40.8 Å². The molecule has 1 aromatic carbocycles. The molecule has 0 aliphatic heterocycles. The van der Waals surface area contributed by atoms with E-state index in [4.69, 9.17) is 16.0 Å². The van der Waals surface area contributed by atoms with Gasteiger partial charge in [-0.3, -0.25) is 0 Å². The van der Waals surface area contributed by atoms with E-state index in [0.29, 0.717) is 0 Å². The van der Waals surface area contributed by atoms with Crippen LogP contribution < -0.4 is 5.32 Å². The maximum Gasteiger partial charge on any atom is 0.134 e. The van der Waals surface area contributed by atoms with Crippen LogP contribution in [-0.2, 0) is 6.54 Å². The third kappa shape index (κ3) is 4.69. The van der Waals surface area contributed by atoms with Crippen molar-refractivity contribution in [1.82, 2.24) is 5.32 Å². The highest BCUT2D eigenvalue weighted by Crippen LogP contribution is 2.24. The molecule has 20 heavy (non-hydrogen) atoms. The summed E-state index contributed by atoms with van der Waals surface area (Å²) in [6.07, 6.45) is 5.13. The molecule has 0 aliphatic carbocycles. The lowest BCUT2D eigenvalue weighted by atomic mass is 10.2. The Bertz CT molecular complexity index is 521. The van der Waals surface area contributed by atoms with Crippen molar-refractivity contribution in [3.05, 3.63) is 47.2 Å². The number of benzene rings is 1. The number of rotatable bonds is 8. The smallest absolute Gasteiger partial charge is 0.134 e. The van der Waals surface area contributed by atoms with Crippen LogP contribution >= 0.6 is 11.6 Å². The third-order valence-corrected chi connectivity index (χ3v) is 3.51. The lowest BCUT2D eigenvalue weighted by molar-refractivity contribution is 0.487. The third-order valence-electron chi connectivity index (χ3n) is 3.28. The van der Waals surface area contributed by atoms with Gasteiger partial charge in [0.2, 0.25) is 0 Å². The molecule has 0 saturated heterocycles. The van der Waals surface area contributed by atoms with E-state index < -0.39 is 0 Å². The lowest BCUT2D eigenvalue weighted by Gasteiger charge is -2.02. The summed E-state index contributed by atoms with van der Waals surface area (Å²) in [5.74, 6) is 1.84. The highest BCUT2D eigenvalue weighted by atomic mass is 35.5. The van der Waals surface area contributed by atoms with Gasteiger partial charge in [0, 0.05) is 10.6 Å². The van der Waals surface area contributed by atoms with E-state index in [-0.39, 0.29) is 0 Å². The van der Waals surface area contributed by atoms with Gasteiger partial charge in [-0.25, -0.2) is 0 Å². The second-order valence-corrected chi connectivity index (χ2v) is 5.45. The first-order valence-electron chi connectivity index (χ1n) is 7.35. The summed E-state index contributed by atoms with van der Waals surface area (Å²) in [5, 5.41) is 4.15. The summed E-state index contributed by atoms with van der Waals surface area (Å²) in [5.41, 5.74) is 1.02. The molecule has 1 aromatic heterocycles. The standard InChI is InChI=1S/C17H22ClNO/c1-2-3-4-5-11-19-13-16-9-10-17(20-16)14-7-6-8-15(18)12-14/h6-10,12,19H,2-5,11,13H2,1H3. The molecule has 0 aliphatic rings. The second-order valence-electron chi connectivity index (χ2n) is 5.01. The van der Waals surface area contributed by atoms with Crippen molar-refractivity contribution in [3.63, 3.8) is 0 Å². The summed E-state index contributed by atoms with van der Waals surface area (Å²) in [6.45, 7) is 4.06. The molecule has 0 fully saturated rings. The molecular weight excluding hydrogens is 270 g/mol. The molecule has 3 heteroatoms. The van der Waals surface area contributed by atoms with Crippen LogP contribution in [0.5, 0.6) is 0 Å². The number of hydrogen-bond acceptors (Lipinski definition) is 2. The van der Waals surface area contributed by atoms with E-state index in [0.717, 1.165) is 35.2 Å². The first-order chi connectivity index (χ1) is 9.79. The number of furan rings is 1. The molecule has 0 amide bonds. The van der Waals surface area contributed by atoms with Crippen LogP contribution in [0, 0.1) is 0 Å². The molecule has 2 rings (SSSR count). The molecular formula is C17H22ClNO. The van der Waals surface area contributed by atoms with E-state index in [1.807, 2.05) is 36.4 Å². The van der Waals surface area contributed by atoms with Crippen LogP contribution in [0.3, 0.4) is 0 Å². The van der Waals surface area contributed by atoms with E-state index in [2.05, 4.69) is 12.2 Å². The van der Waals surface area contributed by atoms with E-state index in [1.165, 1.54) is 25.7 Å². The van der Waals surface area contributed by atoms with Crippen molar-refractivity contribution in [2.24, 2.45) is 0 Å². The fraction of sp³-hybridized carbons (Fsp3) is 0.412. The first kappa shape index (κ1) is 15.1. The van der Waals surface area contributed by atoms with Crippen LogP contribution in [0.25, 0.3) is 11.3 Å². The molecule has 1 heterocycles. The van der Waals surface area contributed by atoms with Gasteiger partial charge in [0.15, 0.2) is 0 Å². The number of nitrogens with one attached hydrogen (secondary N) is 1. The maximum absolute atomic E-state index is 5.99. The normalized spacial score (nSPS) is 10.9. The van der Waals surface area contributed by atoms with Crippen molar-refractivity contribution in [3.8, 4) is 11.3 Å². The van der Waals surface area contributed by atoms with Gasteiger partial charge in [-0.2, -0.15) is 0 Å². The maximum atomic E-state index is 5.99. The van der Waals surface area contributed by atoms with Crippen LogP contribution in [0.4, 0.5) is 0 Å². The fourth-order valence-corrected chi connectivity index (χ4v) is 2.35. The Morgan fingerprint density at radius 2 is 2.00 bits per heavy atom. The van der Waals surface area contributed by atoms with Crippen molar-refractivity contribution < 1.29 is 4.42 Å². The van der Waals surface area contributed by atoms with Gasteiger partial charge < -0.3 is 9.73 Å². The van der Waals surface area contributed by atoms with Crippen LogP contribution in [-0.4, -0.2) is 6.54 Å². The van der Waals surface area contributed by atoms with Crippen LogP contribution in [0.1, 0.15) is 38.4 Å². The highest BCUT2D eigenvalue weighted by molar-refractivity contribution is 6.30. The predicted molar refractivity (Wildman–Crippen MR) is 85.0 cm³/mol. The zero-order chi connectivity index (χ0) is 14.2. The average molecular weight is 292 g/mol. The molecule has 2 nitrogen and oxygen atoms in total. The van der Waals surface area contributed by atoms with Gasteiger partial charge in [-0.05, 0) is 37.2 Å². The summed E-state index contributed by atoms with van der Waals surface area (Å²) >= 11 is 5.99. The minimum absolute atomic E-state index is 0.731. The molecule has 0 atom stereocenters. The fourth-order valence-electron chi connectivity index (χ4n) is 2.16. The quantitative estimate of drug-likeness (QED) is 0.670. The van der Waals surface area contributed by atoms with Crippen molar-refractivity contribution in [2.45, 2.75) is 39.2 Å². The Balaban J connectivity index is 1.80. The van der Waals surface area contributed by atoms with Crippen molar-refractivity contribution in [2.75, 3.05) is 6.54 Å². The molecule has 0 unspecified atom stereocenters. The van der Waals surface area contributed by atoms with Gasteiger partial charge in [0.1, 0.15) is 11.5 Å². The minimum atomic E-state index is 0.731. The molecule has 108 valence electrons. The van der Waals surface area contributed by atoms with Gasteiger partial charge >= 0.3 is 0 Å². The SMILES string of the molecule is CCCCCCNCc1ccc(-c2cccc(Cl)c2)o1. The number of hydrogen-bond donors (Lipinski definition) is 1. The van der Waals surface area contributed by atoms with Gasteiger partial charge in [-0.15, -0.1) is 0 Å². The van der Waals surface area contributed by atoms with Gasteiger partial charge in [0.25, 0.3) is 0 Å². The lowest BCUT2D eigenvalue weighted by Crippen LogP contribution is -2.14. The zero-order valence-corrected chi connectivity index (χ0v) is 12.7. The van der Waals surface area contributed by atoms with E-state index >= 15 is 0 Å². The topological polar surface area (TPSA) is 25.2 Å². The van der Waals surface area contributed by atoms with Gasteiger partial charge in [-0.1, -0.05) is 49.9 Å². The predicted octanol–water partition coefficient (Wildman–Crippen LogP) is 5.27. The minimum Gasteiger partial charge on any atom is -0.460 e. The Labute approximate surface area is 126 Å². The Morgan fingerprint density at radius 3 is 2.80 bits per heavy atom.